The van der Waals surface area contributed by atoms with Crippen LogP contribution in [0.3, 0.4) is 0 Å². The third kappa shape index (κ3) is 2.86. The molecule has 0 N–H and O–H groups in total. The Morgan fingerprint density at radius 3 is 2.82 bits per heavy atom. The Hall–Kier alpha value is -0.890. The summed E-state index contributed by atoms with van der Waals surface area (Å²) in [5, 5.41) is 0.351. The van der Waals surface area contributed by atoms with Crippen LogP contribution in [0.15, 0.2) is 18.2 Å². The number of rotatable bonds is 3. The summed E-state index contributed by atoms with van der Waals surface area (Å²) in [5.74, 6) is 0.516. The summed E-state index contributed by atoms with van der Waals surface area (Å²) in [6.45, 7) is 2.13. The molecule has 1 nitrogen and oxygen atoms in total. The van der Waals surface area contributed by atoms with Crippen molar-refractivity contribution in [1.29, 1.82) is 0 Å². The Labute approximate surface area is 106 Å². The summed E-state index contributed by atoms with van der Waals surface area (Å²) in [6, 6.07) is 4.23. The van der Waals surface area contributed by atoms with Crippen LogP contribution in [-0.2, 0) is 11.2 Å². The highest BCUT2D eigenvalue weighted by Gasteiger charge is 2.29. The lowest BCUT2D eigenvalue weighted by Gasteiger charge is -2.14. The van der Waals surface area contributed by atoms with Crippen molar-refractivity contribution < 1.29 is 9.18 Å². The molecule has 1 aliphatic rings. The third-order valence-electron chi connectivity index (χ3n) is 3.65. The number of Topliss-reactive ketones (excluding diaryl/α,β-unsaturated/α-hetero) is 1. The van der Waals surface area contributed by atoms with E-state index in [1.165, 1.54) is 12.1 Å². The molecule has 92 valence electrons. The summed E-state index contributed by atoms with van der Waals surface area (Å²) in [7, 11) is 0. The van der Waals surface area contributed by atoms with Gasteiger partial charge in [-0.05, 0) is 36.5 Å². The number of benzene rings is 1. The van der Waals surface area contributed by atoms with Crippen LogP contribution < -0.4 is 0 Å². The van der Waals surface area contributed by atoms with Crippen LogP contribution in [0, 0.1) is 17.7 Å². The average Bonchev–Trinajstić information content (AvgIpc) is 2.68. The molecule has 1 aromatic carbocycles. The Bertz CT molecular complexity index is 430. The van der Waals surface area contributed by atoms with E-state index in [2.05, 4.69) is 6.92 Å². The van der Waals surface area contributed by atoms with E-state index in [1.807, 2.05) is 0 Å². The zero-order valence-electron chi connectivity index (χ0n) is 9.88. The van der Waals surface area contributed by atoms with Crippen molar-refractivity contribution in [3.05, 3.63) is 34.6 Å². The molecule has 1 aromatic rings. The summed E-state index contributed by atoms with van der Waals surface area (Å²) in [5.41, 5.74) is 0.733. The normalized spacial score (nSPS) is 23.9. The number of ketones is 1. The molecule has 2 rings (SSSR count). The molecule has 0 aliphatic heterocycles. The lowest BCUT2D eigenvalue weighted by molar-refractivity contribution is -0.123. The molecule has 0 amide bonds. The predicted octanol–water partition coefficient (Wildman–Crippen LogP) is 4.03. The molecule has 1 aliphatic carbocycles. The lowest BCUT2D eigenvalue weighted by atomic mass is 9.90. The van der Waals surface area contributed by atoms with Crippen molar-refractivity contribution in [2.45, 2.75) is 32.6 Å². The van der Waals surface area contributed by atoms with E-state index < -0.39 is 0 Å². The first kappa shape index (κ1) is 12.6. The lowest BCUT2D eigenvalue weighted by Crippen LogP contribution is -2.19. The maximum absolute atomic E-state index is 12.9. The van der Waals surface area contributed by atoms with Crippen LogP contribution in [-0.4, -0.2) is 5.78 Å². The fourth-order valence-electron chi connectivity index (χ4n) is 2.61. The van der Waals surface area contributed by atoms with Gasteiger partial charge < -0.3 is 0 Å². The van der Waals surface area contributed by atoms with Crippen LogP contribution in [0.1, 0.15) is 31.7 Å². The van der Waals surface area contributed by atoms with Crippen LogP contribution in [0.25, 0.3) is 0 Å². The smallest absolute Gasteiger partial charge is 0.140 e. The molecule has 17 heavy (non-hydrogen) atoms. The van der Waals surface area contributed by atoms with E-state index in [-0.39, 0.29) is 17.5 Å². The van der Waals surface area contributed by atoms with Crippen LogP contribution in [0.4, 0.5) is 4.39 Å². The second kappa shape index (κ2) is 5.18. The molecule has 0 saturated heterocycles. The van der Waals surface area contributed by atoms with Crippen LogP contribution >= 0.6 is 11.6 Å². The molecule has 2 unspecified atom stereocenters. The van der Waals surface area contributed by atoms with Gasteiger partial charge in [-0.15, -0.1) is 0 Å². The largest absolute Gasteiger partial charge is 0.299 e. The SMILES string of the molecule is CC1CCCC1C(=O)Cc1ccc(F)cc1Cl. The van der Waals surface area contributed by atoms with Crippen molar-refractivity contribution in [2.24, 2.45) is 11.8 Å². The molecule has 1 fully saturated rings. The van der Waals surface area contributed by atoms with Gasteiger partial charge in [-0.1, -0.05) is 31.0 Å². The minimum atomic E-state index is -0.361. The van der Waals surface area contributed by atoms with E-state index in [9.17, 15) is 9.18 Å². The maximum Gasteiger partial charge on any atom is 0.140 e. The highest BCUT2D eigenvalue weighted by Crippen LogP contribution is 2.33. The predicted molar refractivity (Wildman–Crippen MR) is 66.6 cm³/mol. The van der Waals surface area contributed by atoms with Gasteiger partial charge in [0.25, 0.3) is 0 Å². The highest BCUT2D eigenvalue weighted by atomic mass is 35.5. The molecular weight excluding hydrogens is 239 g/mol. The van der Waals surface area contributed by atoms with Gasteiger partial charge in [-0.25, -0.2) is 4.39 Å². The van der Waals surface area contributed by atoms with Crippen molar-refractivity contribution in [3.8, 4) is 0 Å². The second-order valence-corrected chi connectivity index (χ2v) is 5.30. The Morgan fingerprint density at radius 2 is 2.24 bits per heavy atom. The van der Waals surface area contributed by atoms with E-state index >= 15 is 0 Å². The summed E-state index contributed by atoms with van der Waals surface area (Å²) in [4.78, 5) is 12.1. The summed E-state index contributed by atoms with van der Waals surface area (Å²) in [6.07, 6.45) is 3.58. The quantitative estimate of drug-likeness (QED) is 0.796. The standard InChI is InChI=1S/C14H16ClFO/c1-9-3-2-4-12(9)14(17)7-10-5-6-11(16)8-13(10)15/h5-6,8-9,12H,2-4,7H2,1H3. The molecule has 0 spiro atoms. The van der Waals surface area contributed by atoms with Crippen LogP contribution in [0.2, 0.25) is 5.02 Å². The van der Waals surface area contributed by atoms with E-state index in [0.717, 1.165) is 24.8 Å². The topological polar surface area (TPSA) is 17.1 Å². The van der Waals surface area contributed by atoms with Gasteiger partial charge in [0.1, 0.15) is 11.6 Å². The zero-order chi connectivity index (χ0) is 12.4. The van der Waals surface area contributed by atoms with Crippen LogP contribution in [0.5, 0.6) is 0 Å². The fraction of sp³-hybridized carbons (Fsp3) is 0.500. The minimum Gasteiger partial charge on any atom is -0.299 e. The third-order valence-corrected chi connectivity index (χ3v) is 4.01. The number of hydrogen-bond donors (Lipinski definition) is 0. The van der Waals surface area contributed by atoms with Gasteiger partial charge in [-0.3, -0.25) is 4.79 Å². The molecular formula is C14H16ClFO. The van der Waals surface area contributed by atoms with Gasteiger partial charge in [-0.2, -0.15) is 0 Å². The minimum absolute atomic E-state index is 0.163. The maximum atomic E-state index is 12.9. The number of hydrogen-bond acceptors (Lipinski definition) is 1. The van der Waals surface area contributed by atoms with Gasteiger partial charge in [0.05, 0.1) is 0 Å². The van der Waals surface area contributed by atoms with Crippen molar-refractivity contribution in [1.82, 2.24) is 0 Å². The monoisotopic (exact) mass is 254 g/mol. The zero-order valence-corrected chi connectivity index (χ0v) is 10.6. The number of halogens is 2. The van der Waals surface area contributed by atoms with Gasteiger partial charge in [0.2, 0.25) is 0 Å². The molecule has 0 radical (unpaired) electrons. The molecule has 0 aromatic heterocycles. The first-order chi connectivity index (χ1) is 8.08. The number of carbonyl (C=O) groups is 1. The Kier molecular flexibility index (Phi) is 3.82. The number of carbonyl (C=O) groups excluding carboxylic acids is 1. The van der Waals surface area contributed by atoms with E-state index in [0.29, 0.717) is 17.4 Å². The molecule has 0 bridgehead atoms. The van der Waals surface area contributed by atoms with Gasteiger partial charge >= 0.3 is 0 Å². The second-order valence-electron chi connectivity index (χ2n) is 4.89. The molecule has 0 heterocycles. The van der Waals surface area contributed by atoms with Gasteiger partial charge in [0, 0.05) is 17.4 Å². The van der Waals surface area contributed by atoms with Crippen molar-refractivity contribution >= 4 is 17.4 Å². The van der Waals surface area contributed by atoms with Gasteiger partial charge in [0.15, 0.2) is 0 Å². The van der Waals surface area contributed by atoms with Crippen molar-refractivity contribution in [3.63, 3.8) is 0 Å². The molecule has 1 saturated carbocycles. The summed E-state index contributed by atoms with van der Waals surface area (Å²) >= 11 is 5.92. The van der Waals surface area contributed by atoms with E-state index in [4.69, 9.17) is 11.6 Å². The van der Waals surface area contributed by atoms with E-state index in [1.54, 1.807) is 6.07 Å². The molecule has 2 atom stereocenters. The highest BCUT2D eigenvalue weighted by molar-refractivity contribution is 6.31. The fourth-order valence-corrected chi connectivity index (χ4v) is 2.84. The first-order valence-corrected chi connectivity index (χ1v) is 6.42. The van der Waals surface area contributed by atoms with Crippen molar-refractivity contribution in [2.75, 3.05) is 0 Å². The molecule has 3 heteroatoms. The average molecular weight is 255 g/mol. The Morgan fingerprint density at radius 1 is 1.47 bits per heavy atom. The Balaban J connectivity index is 2.07. The summed E-state index contributed by atoms with van der Waals surface area (Å²) < 4.78 is 12.9. The first-order valence-electron chi connectivity index (χ1n) is 6.04.